The van der Waals surface area contributed by atoms with Crippen LogP contribution in [0.25, 0.3) is 0 Å². The number of rotatable bonds is 7. The summed E-state index contributed by atoms with van der Waals surface area (Å²) in [5.74, 6) is 0.730. The molecule has 0 aliphatic rings. The Labute approximate surface area is 168 Å². The highest BCUT2D eigenvalue weighted by molar-refractivity contribution is 7.89. The lowest BCUT2D eigenvalue weighted by molar-refractivity contribution is -0.697. The molecule has 3 aromatic rings. The van der Waals surface area contributed by atoms with E-state index in [9.17, 15) is 8.42 Å². The quantitative estimate of drug-likeness (QED) is 0.466. The molecular weight excluding hydrogens is 398 g/mol. The molecule has 1 aromatic carbocycles. The monoisotopic (exact) mass is 420 g/mol. The molecule has 3 rings (SSSR count). The summed E-state index contributed by atoms with van der Waals surface area (Å²) in [6, 6.07) is 8.65. The molecule has 0 aliphatic carbocycles. The number of thiazole rings is 1. The number of nitrogens with two attached hydrogens (primary N) is 1. The van der Waals surface area contributed by atoms with Crippen molar-refractivity contribution < 1.29 is 21.9 Å². The number of nitrogens with zero attached hydrogens (tertiary/aromatic N) is 2. The van der Waals surface area contributed by atoms with Crippen LogP contribution in [0.1, 0.15) is 16.1 Å². The molecule has 2 heterocycles. The van der Waals surface area contributed by atoms with Crippen LogP contribution in [-0.2, 0) is 16.7 Å². The van der Waals surface area contributed by atoms with Gasteiger partial charge in [-0.3, -0.25) is 0 Å². The predicted molar refractivity (Wildman–Crippen MR) is 107 cm³/mol. The van der Waals surface area contributed by atoms with Crippen molar-refractivity contribution in [1.82, 2.24) is 4.98 Å². The van der Waals surface area contributed by atoms with E-state index in [-0.39, 0.29) is 10.1 Å². The molecular formula is C19H22N3O4S2+. The van der Waals surface area contributed by atoms with Crippen molar-refractivity contribution in [2.24, 2.45) is 0 Å². The van der Waals surface area contributed by atoms with Crippen LogP contribution < -0.4 is 19.2 Å². The maximum Gasteiger partial charge on any atom is 0.366 e. The zero-order chi connectivity index (χ0) is 20.3. The van der Waals surface area contributed by atoms with Crippen molar-refractivity contribution in [2.45, 2.75) is 31.7 Å². The zero-order valence-corrected chi connectivity index (χ0v) is 17.5. The van der Waals surface area contributed by atoms with Crippen molar-refractivity contribution in [2.75, 3.05) is 12.3 Å². The SMILES string of the molecule is Cc1cc(OCC[n+]2ccc(N)cc2)cc(OS(=O)(=O)c2nc(C)c(C)s2)c1. The Morgan fingerprint density at radius 1 is 1.11 bits per heavy atom. The number of benzene rings is 1. The Kier molecular flexibility index (Phi) is 5.85. The van der Waals surface area contributed by atoms with E-state index in [0.717, 1.165) is 21.8 Å². The Morgan fingerprint density at radius 2 is 1.79 bits per heavy atom. The third-order valence-corrected chi connectivity index (χ3v) is 6.65. The van der Waals surface area contributed by atoms with Gasteiger partial charge in [-0.1, -0.05) is 0 Å². The normalized spacial score (nSPS) is 11.4. The second-order valence-electron chi connectivity index (χ2n) is 6.36. The fourth-order valence-electron chi connectivity index (χ4n) is 2.44. The van der Waals surface area contributed by atoms with Gasteiger partial charge in [0, 0.05) is 28.8 Å². The molecule has 0 spiro atoms. The summed E-state index contributed by atoms with van der Waals surface area (Å²) in [5, 5.41) is 0. The Balaban J connectivity index is 1.69. The Hall–Kier alpha value is -2.65. The van der Waals surface area contributed by atoms with Gasteiger partial charge in [0.25, 0.3) is 0 Å². The lowest BCUT2D eigenvalue weighted by Gasteiger charge is -2.09. The first-order valence-electron chi connectivity index (χ1n) is 8.60. The first kappa shape index (κ1) is 20.1. The van der Waals surface area contributed by atoms with Crippen molar-refractivity contribution in [3.8, 4) is 11.5 Å². The maximum atomic E-state index is 12.5. The highest BCUT2D eigenvalue weighted by atomic mass is 32.3. The molecule has 0 aliphatic heterocycles. The third-order valence-electron chi connectivity index (χ3n) is 3.99. The second kappa shape index (κ2) is 8.15. The summed E-state index contributed by atoms with van der Waals surface area (Å²) >= 11 is 1.09. The fraction of sp³-hybridized carbons (Fsp3) is 0.263. The first-order chi connectivity index (χ1) is 13.2. The predicted octanol–water partition coefficient (Wildman–Crippen LogP) is 2.78. The molecule has 2 aromatic heterocycles. The number of pyridine rings is 1. The van der Waals surface area contributed by atoms with Crippen molar-refractivity contribution >= 4 is 27.1 Å². The standard InChI is InChI=1S/C19H21N3O4S2/c1-13-10-17(25-9-8-22-6-4-16(20)5-7-22)12-18(11-13)26-28(23,24)19-21-14(2)15(3)27-19/h4-7,10-12,20H,8-9H2,1-3H3/p+1. The summed E-state index contributed by atoms with van der Waals surface area (Å²) in [4.78, 5) is 4.92. The van der Waals surface area contributed by atoms with Gasteiger partial charge in [0.05, 0.1) is 5.69 Å². The molecule has 0 unspecified atom stereocenters. The summed E-state index contributed by atoms with van der Waals surface area (Å²) < 4.78 is 37.9. The van der Waals surface area contributed by atoms with E-state index in [1.54, 1.807) is 19.1 Å². The third kappa shape index (κ3) is 4.99. The molecule has 0 radical (unpaired) electrons. The molecule has 148 valence electrons. The first-order valence-corrected chi connectivity index (χ1v) is 10.8. The summed E-state index contributed by atoms with van der Waals surface area (Å²) in [7, 11) is -3.98. The van der Waals surface area contributed by atoms with E-state index >= 15 is 0 Å². The van der Waals surface area contributed by atoms with Gasteiger partial charge in [0.15, 0.2) is 18.9 Å². The van der Waals surface area contributed by atoms with Gasteiger partial charge in [-0.25, -0.2) is 9.55 Å². The Morgan fingerprint density at radius 3 is 2.43 bits per heavy atom. The van der Waals surface area contributed by atoms with E-state index in [4.69, 9.17) is 14.7 Å². The van der Waals surface area contributed by atoms with Gasteiger partial charge < -0.3 is 14.7 Å². The lowest BCUT2D eigenvalue weighted by atomic mass is 10.2. The van der Waals surface area contributed by atoms with Crippen LogP contribution in [-0.4, -0.2) is 20.0 Å². The number of hydrogen-bond acceptors (Lipinski definition) is 7. The molecule has 0 amide bonds. The van der Waals surface area contributed by atoms with E-state index in [2.05, 4.69) is 4.98 Å². The molecule has 0 saturated carbocycles. The van der Waals surface area contributed by atoms with Crippen molar-refractivity contribution in [1.29, 1.82) is 0 Å². The molecule has 28 heavy (non-hydrogen) atoms. The summed E-state index contributed by atoms with van der Waals surface area (Å²) in [6.07, 6.45) is 3.74. The van der Waals surface area contributed by atoms with E-state index in [0.29, 0.717) is 30.3 Å². The number of aromatic nitrogens is 2. The second-order valence-corrected chi connectivity index (χ2v) is 9.28. The van der Waals surface area contributed by atoms with Crippen molar-refractivity contribution in [3.63, 3.8) is 0 Å². The van der Waals surface area contributed by atoms with Gasteiger partial charge >= 0.3 is 10.1 Å². The number of anilines is 1. The van der Waals surface area contributed by atoms with Crippen LogP contribution in [0.5, 0.6) is 11.5 Å². The minimum atomic E-state index is -3.98. The number of aryl methyl sites for hydroxylation is 3. The molecule has 0 atom stereocenters. The number of hydrogen-bond donors (Lipinski definition) is 1. The van der Waals surface area contributed by atoms with Crippen LogP contribution >= 0.6 is 11.3 Å². The molecule has 0 fully saturated rings. The topological polar surface area (TPSA) is 95.4 Å². The van der Waals surface area contributed by atoms with E-state index < -0.39 is 10.1 Å². The lowest BCUT2D eigenvalue weighted by Crippen LogP contribution is -2.35. The molecule has 2 N–H and O–H groups in total. The highest BCUT2D eigenvalue weighted by Crippen LogP contribution is 2.28. The fourth-order valence-corrected chi connectivity index (χ4v) is 4.64. The average Bonchev–Trinajstić information content (AvgIpc) is 2.96. The minimum Gasteiger partial charge on any atom is -0.487 e. The molecule has 0 bridgehead atoms. The van der Waals surface area contributed by atoms with Gasteiger partial charge in [0.1, 0.15) is 18.1 Å². The van der Waals surface area contributed by atoms with Gasteiger partial charge in [-0.05, 0) is 38.5 Å². The molecule has 7 nitrogen and oxygen atoms in total. The minimum absolute atomic E-state index is 0.0498. The van der Waals surface area contributed by atoms with E-state index in [1.165, 1.54) is 0 Å². The van der Waals surface area contributed by atoms with Crippen LogP contribution in [0, 0.1) is 20.8 Å². The van der Waals surface area contributed by atoms with Crippen LogP contribution in [0.3, 0.4) is 0 Å². The highest BCUT2D eigenvalue weighted by Gasteiger charge is 2.22. The van der Waals surface area contributed by atoms with Gasteiger partial charge in [-0.2, -0.15) is 8.42 Å². The van der Waals surface area contributed by atoms with E-state index in [1.807, 2.05) is 49.0 Å². The maximum absolute atomic E-state index is 12.5. The molecule has 0 saturated heterocycles. The van der Waals surface area contributed by atoms with Crippen LogP contribution in [0.4, 0.5) is 5.69 Å². The Bertz CT molecular complexity index is 1060. The largest absolute Gasteiger partial charge is 0.487 e. The molecule has 9 heteroatoms. The zero-order valence-electron chi connectivity index (χ0n) is 15.9. The smallest absolute Gasteiger partial charge is 0.366 e. The van der Waals surface area contributed by atoms with Crippen molar-refractivity contribution in [3.05, 3.63) is 58.9 Å². The average molecular weight is 421 g/mol. The summed E-state index contributed by atoms with van der Waals surface area (Å²) in [6.45, 7) is 6.47. The van der Waals surface area contributed by atoms with Gasteiger partial charge in [0.2, 0.25) is 4.34 Å². The van der Waals surface area contributed by atoms with Crippen LogP contribution in [0.15, 0.2) is 47.1 Å². The van der Waals surface area contributed by atoms with Crippen LogP contribution in [0.2, 0.25) is 0 Å². The number of ether oxygens (including phenoxy) is 1. The number of nitrogen functional groups attached to an aromatic ring is 1. The van der Waals surface area contributed by atoms with Gasteiger partial charge in [-0.15, -0.1) is 11.3 Å². The summed E-state index contributed by atoms with van der Waals surface area (Å²) in [5.41, 5.74) is 7.88.